The van der Waals surface area contributed by atoms with Crippen molar-refractivity contribution in [2.45, 2.75) is 123 Å². The minimum atomic E-state index is -2.01. The molecule has 4 aliphatic rings. The van der Waals surface area contributed by atoms with E-state index in [0.717, 1.165) is 0 Å². The Morgan fingerprint density at radius 1 is 0.620 bits per heavy atom. The van der Waals surface area contributed by atoms with Crippen molar-refractivity contribution in [3.8, 4) is 0 Å². The Morgan fingerprint density at radius 2 is 1.06 bits per heavy atom. The Balaban J connectivity index is 0.000000481. The molecule has 8 unspecified atom stereocenters. The number of carbonyl (C=O) groups excluding carboxylic acids is 1. The van der Waals surface area contributed by atoms with E-state index in [1.807, 2.05) is 0 Å². The molecular weight excluding hydrogens is 840 g/mol. The topological polar surface area (TPSA) is 398 Å². The predicted molar refractivity (Wildman–Crippen MR) is 146 cm³/mol. The summed E-state index contributed by atoms with van der Waals surface area (Å²) in [6, 6.07) is -3.88. The number of ether oxygens (including phenoxy) is 6. The largest absolute Gasteiger partial charge is 0.668 e. The van der Waals surface area contributed by atoms with E-state index in [1.54, 1.807) is 0 Å². The number of carbonyl (C=O) groups is 1. The number of rotatable bonds is 9. The number of carboxylic acids is 1. The minimum absolute atomic E-state index is 0. The van der Waals surface area contributed by atoms with Crippen LogP contribution in [0.15, 0.2) is 0 Å². The van der Waals surface area contributed by atoms with Gasteiger partial charge in [0.25, 0.3) is 0 Å². The molecule has 0 aliphatic carbocycles. The van der Waals surface area contributed by atoms with Crippen molar-refractivity contribution in [3.63, 3.8) is 0 Å². The van der Waals surface area contributed by atoms with Gasteiger partial charge in [0, 0.05) is 65.4 Å². The van der Waals surface area contributed by atoms with Gasteiger partial charge in [0.1, 0.15) is 79.7 Å². The van der Waals surface area contributed by atoms with Crippen molar-refractivity contribution in [2.24, 2.45) is 0 Å². The number of aliphatic hydroxyl groups is 12. The summed E-state index contributed by atoms with van der Waals surface area (Å²) in [6.07, 6.45) is -26.2. The average Bonchev–Trinajstić information content (AvgIpc) is 3.06. The Bertz CT molecular complexity index is 1010. The van der Waals surface area contributed by atoms with Gasteiger partial charge in [-0.25, -0.2) is 0 Å². The molecule has 25 heteroatoms. The van der Waals surface area contributed by atoms with E-state index in [4.69, 9.17) is 39.9 Å². The van der Waals surface area contributed by atoms with E-state index < -0.39 is 148 Å². The molecule has 15 N–H and O–H groups in total. The van der Waals surface area contributed by atoms with Crippen molar-refractivity contribution in [1.82, 2.24) is 5.32 Å². The molecule has 23 nitrogen and oxygen atoms in total. The number of aliphatic hydroxyl groups excluding tert-OH is 12. The Hall–Kier alpha value is 0.838. The van der Waals surface area contributed by atoms with Crippen LogP contribution in [0.25, 0.3) is 11.5 Å². The van der Waals surface area contributed by atoms with Gasteiger partial charge in [0.2, 0.25) is 0 Å². The summed E-state index contributed by atoms with van der Waals surface area (Å²) >= 11 is 0. The van der Waals surface area contributed by atoms with Crippen LogP contribution in [-0.4, -0.2) is 217 Å². The van der Waals surface area contributed by atoms with E-state index in [2.05, 4.69) is 5.32 Å². The molecule has 0 aromatic carbocycles. The number of likely N-dealkylation sites (N-methyl/N-ethyl adjacent to an activating group) is 1. The molecular formula is C25H44N3O20Y2-3. The number of carboxylic acid groups (broad SMARTS) is 1. The third kappa shape index (κ3) is 11.0. The van der Waals surface area contributed by atoms with Gasteiger partial charge >= 0.3 is 0 Å². The zero-order valence-electron chi connectivity index (χ0n) is 26.5. The summed E-state index contributed by atoms with van der Waals surface area (Å²) in [4.78, 5) is 10.9. The van der Waals surface area contributed by atoms with Gasteiger partial charge in [-0.2, -0.15) is 0 Å². The van der Waals surface area contributed by atoms with Gasteiger partial charge in [-0.3, -0.25) is 0 Å². The fraction of sp³-hybridized carbons (Fsp3) is 0.960. The SMILES string of the molecule is CNC1[C@H](O[C@H]2C(O)C([NH-])[C@@H](O)O[C@H]2CO)OC(CO)[C@@H](O)[C@@H]1O.[NH-]C1C(O)[C@H](O[C@@H]2OC(C(=O)[O-])[C@@H](O)[C@H](O)C2O)[C@H](CO)O[C@@H]1O.[Y].[Y]. The van der Waals surface area contributed by atoms with E-state index >= 15 is 0 Å². The molecule has 288 valence electrons. The molecule has 0 aromatic heterocycles. The normalized spacial score (nSPS) is 47.9. The second-order valence-corrected chi connectivity index (χ2v) is 11.5. The first kappa shape index (κ1) is 48.9. The number of hydrogen-bond donors (Lipinski definition) is 13. The van der Waals surface area contributed by atoms with Crippen molar-refractivity contribution in [3.05, 3.63) is 11.5 Å². The van der Waals surface area contributed by atoms with Gasteiger partial charge in [-0.1, -0.05) is 12.1 Å². The van der Waals surface area contributed by atoms with Crippen molar-refractivity contribution >= 4 is 5.97 Å². The summed E-state index contributed by atoms with van der Waals surface area (Å²) in [5.74, 6) is -1.87. The third-order valence-electron chi connectivity index (χ3n) is 8.34. The second kappa shape index (κ2) is 21.8. The fourth-order valence-corrected chi connectivity index (χ4v) is 5.47. The Kier molecular flexibility index (Phi) is 21.3. The first-order chi connectivity index (χ1) is 22.5. The van der Waals surface area contributed by atoms with Crippen LogP contribution in [0.2, 0.25) is 0 Å². The van der Waals surface area contributed by atoms with Crippen molar-refractivity contribution in [2.75, 3.05) is 26.9 Å². The standard InChI is InChI=1S/C13H25N2O9.C12H20NO11.2Y/c1-15-7-10(20)8(18)4(2-16)23-13(7)24-11-5(3-17)22-12(21)6(14)9(11)19;13-3-4(15)8(2(1-14)22-11(3)21)23-12-7(18)5(16)6(17)9(24-12)10(19)20;;/h4-21H,2-3H2,1H3;2-9,11-18,21H,1H2,(H,19,20);;/q2*-1;;/p-1/t4?,5-,6?,7?,8+,9?,10+,11+,12-,13-;2-,3?,4?,5-,6-,7?,8+,9?,11-,12+;;/m00../s1. The summed E-state index contributed by atoms with van der Waals surface area (Å²) < 4.78 is 30.9. The van der Waals surface area contributed by atoms with Crippen molar-refractivity contribution in [1.29, 1.82) is 0 Å². The molecule has 0 saturated carbocycles. The van der Waals surface area contributed by atoms with Crippen LogP contribution in [0.5, 0.6) is 0 Å². The molecule has 20 atom stereocenters. The molecule has 4 rings (SSSR count). The first-order valence-electron chi connectivity index (χ1n) is 14.7. The van der Waals surface area contributed by atoms with Crippen LogP contribution in [0.4, 0.5) is 0 Å². The molecule has 4 heterocycles. The summed E-state index contributed by atoms with van der Waals surface area (Å²) in [6.45, 7) is -1.89. The van der Waals surface area contributed by atoms with Gasteiger partial charge in [-0.05, 0) is 7.05 Å². The van der Waals surface area contributed by atoms with Gasteiger partial charge in [0.05, 0.1) is 44.0 Å². The number of hydrogen-bond acceptors (Lipinski definition) is 21. The third-order valence-corrected chi connectivity index (χ3v) is 8.34. The zero-order valence-corrected chi connectivity index (χ0v) is 32.1. The smallest absolute Gasteiger partial charge is 0.187 e. The van der Waals surface area contributed by atoms with Crippen LogP contribution in [0.3, 0.4) is 0 Å². The second-order valence-electron chi connectivity index (χ2n) is 11.5. The van der Waals surface area contributed by atoms with E-state index in [-0.39, 0.29) is 65.4 Å². The van der Waals surface area contributed by atoms with Crippen LogP contribution in [0, 0.1) is 0 Å². The summed E-state index contributed by atoms with van der Waals surface area (Å²) in [7, 11) is 1.49. The first-order valence-corrected chi connectivity index (χ1v) is 14.7. The average molecular weight is 884 g/mol. The maximum Gasteiger partial charge on any atom is 0.187 e. The maximum atomic E-state index is 10.9. The zero-order chi connectivity index (χ0) is 36.2. The van der Waals surface area contributed by atoms with E-state index in [9.17, 15) is 71.2 Å². The van der Waals surface area contributed by atoms with E-state index in [1.165, 1.54) is 7.05 Å². The van der Waals surface area contributed by atoms with Gasteiger partial charge in [0.15, 0.2) is 12.6 Å². The summed E-state index contributed by atoms with van der Waals surface area (Å²) in [5.41, 5.74) is 15.2. The number of aliphatic carboxylic acids is 1. The molecule has 0 spiro atoms. The van der Waals surface area contributed by atoms with Crippen LogP contribution in [0.1, 0.15) is 0 Å². The van der Waals surface area contributed by atoms with E-state index in [0.29, 0.717) is 0 Å². The number of nitrogens with one attached hydrogen (secondary N) is 3. The van der Waals surface area contributed by atoms with Crippen molar-refractivity contribution < 1.29 is 165 Å². The monoisotopic (exact) mass is 884 g/mol. The molecule has 0 amide bonds. The minimum Gasteiger partial charge on any atom is -0.668 e. The molecule has 4 fully saturated rings. The fourth-order valence-electron chi connectivity index (χ4n) is 5.47. The molecule has 4 aliphatic heterocycles. The Labute approximate surface area is 335 Å². The molecule has 0 bridgehead atoms. The molecule has 2 radical (unpaired) electrons. The maximum absolute atomic E-state index is 10.9. The molecule has 0 aromatic rings. The summed E-state index contributed by atoms with van der Waals surface area (Å²) in [5, 5.41) is 130. The Morgan fingerprint density at radius 3 is 1.46 bits per heavy atom. The molecule has 4 saturated heterocycles. The van der Waals surface area contributed by atoms with Crippen LogP contribution >= 0.6 is 0 Å². The van der Waals surface area contributed by atoms with Gasteiger partial charge < -0.3 is 116 Å². The van der Waals surface area contributed by atoms with Crippen LogP contribution in [-0.2, 0) is 98.6 Å². The van der Waals surface area contributed by atoms with Crippen LogP contribution < -0.4 is 10.4 Å². The predicted octanol–water partition coefficient (Wildman–Crippen LogP) is -9.69. The quantitative estimate of drug-likeness (QED) is 0.102. The van der Waals surface area contributed by atoms with Gasteiger partial charge in [-0.15, -0.1) is 0 Å². The molecule has 50 heavy (non-hydrogen) atoms.